The van der Waals surface area contributed by atoms with Gasteiger partial charge in [0.2, 0.25) is 10.0 Å². The van der Waals surface area contributed by atoms with Gasteiger partial charge in [-0.05, 0) is 37.1 Å². The molecule has 0 bridgehead atoms. The number of hydrogen-bond donors (Lipinski definition) is 3. The number of aliphatic hydroxyl groups is 1. The van der Waals surface area contributed by atoms with Crippen LogP contribution in [0.3, 0.4) is 0 Å². The lowest BCUT2D eigenvalue weighted by Gasteiger charge is -2.13. The molecule has 0 spiro atoms. The van der Waals surface area contributed by atoms with E-state index < -0.39 is 28.1 Å². The molecule has 2 aromatic carbocycles. The van der Waals surface area contributed by atoms with Crippen LogP contribution in [0, 0.1) is 6.92 Å². The number of benzene rings is 2. The van der Waals surface area contributed by atoms with Crippen LogP contribution in [0.25, 0.3) is 0 Å². The maximum absolute atomic E-state index is 12.1. The molecule has 0 saturated heterocycles. The largest absolute Gasteiger partial charge is 0.480 e. The van der Waals surface area contributed by atoms with Crippen molar-refractivity contribution in [1.82, 2.24) is 4.72 Å². The first kappa shape index (κ1) is 19.1. The molecule has 3 N–H and O–H groups in total. The Hall–Kier alpha value is -2.22. The Balaban J connectivity index is 2.09. The van der Waals surface area contributed by atoms with Crippen molar-refractivity contribution < 1.29 is 23.4 Å². The molecule has 0 aliphatic heterocycles. The Morgan fingerprint density at radius 2 is 1.64 bits per heavy atom. The van der Waals surface area contributed by atoms with E-state index in [1.165, 1.54) is 19.1 Å². The van der Waals surface area contributed by atoms with Gasteiger partial charge >= 0.3 is 5.97 Å². The molecule has 0 heterocycles. The van der Waals surface area contributed by atoms with Crippen LogP contribution in [0.5, 0.6) is 0 Å². The fourth-order valence-electron chi connectivity index (χ4n) is 2.29. The molecule has 6 nitrogen and oxygen atoms in total. The van der Waals surface area contributed by atoms with Crippen LogP contribution >= 0.6 is 0 Å². The molecule has 0 aliphatic carbocycles. The molecule has 25 heavy (non-hydrogen) atoms. The normalized spacial score (nSPS) is 14.0. The summed E-state index contributed by atoms with van der Waals surface area (Å²) in [6, 6.07) is 12.4. The third kappa shape index (κ3) is 5.12. The summed E-state index contributed by atoms with van der Waals surface area (Å²) in [5.41, 5.74) is 2.67. The number of aryl methyl sites for hydroxylation is 1. The van der Waals surface area contributed by atoms with Crippen LogP contribution in [0.1, 0.15) is 29.7 Å². The van der Waals surface area contributed by atoms with Gasteiger partial charge in [-0.15, -0.1) is 0 Å². The number of hydrogen-bond acceptors (Lipinski definition) is 4. The number of carbonyl (C=O) groups is 1. The summed E-state index contributed by atoms with van der Waals surface area (Å²) in [6.45, 7) is 3.22. The number of carboxylic acid groups (broad SMARTS) is 1. The number of aliphatic hydroxyl groups excluding tert-OH is 1. The molecule has 7 heteroatoms. The van der Waals surface area contributed by atoms with E-state index in [0.29, 0.717) is 6.42 Å². The zero-order valence-corrected chi connectivity index (χ0v) is 14.8. The van der Waals surface area contributed by atoms with Crippen LogP contribution in [-0.2, 0) is 21.2 Å². The highest BCUT2D eigenvalue weighted by molar-refractivity contribution is 7.89. The lowest BCUT2D eigenvalue weighted by Crippen LogP contribution is -2.38. The zero-order valence-electron chi connectivity index (χ0n) is 14.0. The molecular weight excluding hydrogens is 342 g/mol. The smallest absolute Gasteiger partial charge is 0.321 e. The minimum Gasteiger partial charge on any atom is -0.480 e. The molecule has 0 saturated carbocycles. The first-order chi connectivity index (χ1) is 11.7. The standard InChI is InChI=1S/C18H21NO5S/c1-12-3-7-15(8-4-12)17(20)11-14-5-9-16(10-6-14)25(23,24)19-13(2)18(21)22/h3-10,13,17,19-20H,11H2,1-2H3,(H,21,22)/t13-,17?/m1/s1. The van der Waals surface area contributed by atoms with Gasteiger partial charge in [-0.1, -0.05) is 42.0 Å². The summed E-state index contributed by atoms with van der Waals surface area (Å²) >= 11 is 0. The lowest BCUT2D eigenvalue weighted by atomic mass is 10.0. The minimum absolute atomic E-state index is 0.0193. The highest BCUT2D eigenvalue weighted by Gasteiger charge is 2.21. The Morgan fingerprint density at radius 3 is 2.16 bits per heavy atom. The number of sulfonamides is 1. The van der Waals surface area contributed by atoms with Gasteiger partial charge in [-0.2, -0.15) is 4.72 Å². The molecule has 1 unspecified atom stereocenters. The second kappa shape index (κ2) is 7.77. The predicted molar refractivity (Wildman–Crippen MR) is 93.7 cm³/mol. The number of rotatable bonds is 7. The average molecular weight is 363 g/mol. The maximum Gasteiger partial charge on any atom is 0.321 e. The first-order valence-corrected chi connectivity index (χ1v) is 9.26. The second-order valence-electron chi connectivity index (χ2n) is 5.96. The van der Waals surface area contributed by atoms with E-state index in [4.69, 9.17) is 5.11 Å². The third-order valence-corrected chi connectivity index (χ3v) is 5.38. The summed E-state index contributed by atoms with van der Waals surface area (Å²) in [4.78, 5) is 10.8. The summed E-state index contributed by atoms with van der Waals surface area (Å²) in [5.74, 6) is -1.25. The van der Waals surface area contributed by atoms with Gasteiger partial charge in [0, 0.05) is 6.42 Å². The average Bonchev–Trinajstić information content (AvgIpc) is 2.55. The molecular formula is C18H21NO5S. The fourth-order valence-corrected chi connectivity index (χ4v) is 3.48. The van der Waals surface area contributed by atoms with E-state index in [-0.39, 0.29) is 4.90 Å². The molecule has 2 aromatic rings. The Bertz CT molecular complexity index is 829. The summed E-state index contributed by atoms with van der Waals surface area (Å²) in [7, 11) is -3.90. The van der Waals surface area contributed by atoms with Crippen molar-refractivity contribution in [3.63, 3.8) is 0 Å². The second-order valence-corrected chi connectivity index (χ2v) is 7.67. The minimum atomic E-state index is -3.90. The van der Waals surface area contributed by atoms with Gasteiger partial charge in [0.05, 0.1) is 11.0 Å². The molecule has 0 aromatic heterocycles. The van der Waals surface area contributed by atoms with Crippen molar-refractivity contribution >= 4 is 16.0 Å². The molecule has 2 atom stereocenters. The first-order valence-electron chi connectivity index (χ1n) is 7.78. The lowest BCUT2D eigenvalue weighted by molar-refractivity contribution is -0.138. The summed E-state index contributed by atoms with van der Waals surface area (Å²) in [5, 5.41) is 19.1. The Morgan fingerprint density at radius 1 is 1.08 bits per heavy atom. The van der Waals surface area contributed by atoms with Gasteiger partial charge < -0.3 is 10.2 Å². The molecule has 0 amide bonds. The van der Waals surface area contributed by atoms with Gasteiger partial charge in [0.25, 0.3) is 0 Å². The SMILES string of the molecule is Cc1ccc(C(O)Cc2ccc(S(=O)(=O)N[C@H](C)C(=O)O)cc2)cc1. The topological polar surface area (TPSA) is 104 Å². The molecule has 0 aliphatic rings. The van der Waals surface area contributed by atoms with Crippen molar-refractivity contribution in [2.75, 3.05) is 0 Å². The highest BCUT2D eigenvalue weighted by atomic mass is 32.2. The van der Waals surface area contributed by atoms with Crippen molar-refractivity contribution in [3.8, 4) is 0 Å². The third-order valence-electron chi connectivity index (χ3n) is 3.83. The zero-order chi connectivity index (χ0) is 18.6. The van der Waals surface area contributed by atoms with E-state index in [1.54, 1.807) is 12.1 Å². The highest BCUT2D eigenvalue weighted by Crippen LogP contribution is 2.20. The molecule has 0 fully saturated rings. The Kier molecular flexibility index (Phi) is 5.94. The maximum atomic E-state index is 12.1. The van der Waals surface area contributed by atoms with E-state index in [9.17, 15) is 18.3 Å². The quantitative estimate of drug-likeness (QED) is 0.698. The van der Waals surface area contributed by atoms with Crippen molar-refractivity contribution in [2.45, 2.75) is 37.3 Å². The van der Waals surface area contributed by atoms with Crippen molar-refractivity contribution in [1.29, 1.82) is 0 Å². The summed E-state index contributed by atoms with van der Waals surface area (Å²) < 4.78 is 26.3. The van der Waals surface area contributed by atoms with E-state index >= 15 is 0 Å². The van der Waals surface area contributed by atoms with E-state index in [2.05, 4.69) is 4.72 Å². The van der Waals surface area contributed by atoms with E-state index in [1.807, 2.05) is 31.2 Å². The Labute approximate surface area is 147 Å². The van der Waals surface area contributed by atoms with Gasteiger partial charge in [-0.3, -0.25) is 4.79 Å². The summed E-state index contributed by atoms with van der Waals surface area (Å²) in [6.07, 6.45) is -0.337. The fraction of sp³-hybridized carbons (Fsp3) is 0.278. The van der Waals surface area contributed by atoms with Crippen LogP contribution in [0.4, 0.5) is 0 Å². The van der Waals surface area contributed by atoms with Crippen molar-refractivity contribution in [3.05, 3.63) is 65.2 Å². The number of aliphatic carboxylic acids is 1. The number of nitrogens with one attached hydrogen (secondary N) is 1. The van der Waals surface area contributed by atoms with Gasteiger partial charge in [0.1, 0.15) is 6.04 Å². The van der Waals surface area contributed by atoms with Crippen LogP contribution in [-0.4, -0.2) is 30.6 Å². The monoisotopic (exact) mass is 363 g/mol. The predicted octanol–water partition coefficient (Wildman–Crippen LogP) is 2.02. The van der Waals surface area contributed by atoms with Crippen LogP contribution in [0.2, 0.25) is 0 Å². The molecule has 134 valence electrons. The number of carboxylic acids is 1. The molecule has 0 radical (unpaired) electrons. The van der Waals surface area contributed by atoms with E-state index in [0.717, 1.165) is 16.7 Å². The van der Waals surface area contributed by atoms with Gasteiger partial charge in [-0.25, -0.2) is 8.42 Å². The van der Waals surface area contributed by atoms with Gasteiger partial charge in [0.15, 0.2) is 0 Å². The van der Waals surface area contributed by atoms with Crippen molar-refractivity contribution in [2.24, 2.45) is 0 Å². The van der Waals surface area contributed by atoms with Crippen LogP contribution < -0.4 is 4.72 Å². The molecule has 2 rings (SSSR count). The van der Waals surface area contributed by atoms with Crippen LogP contribution in [0.15, 0.2) is 53.4 Å².